The maximum atomic E-state index is 12.8. The Morgan fingerprint density at radius 2 is 1.94 bits per heavy atom. The largest absolute Gasteiger partial charge is 0.462 e. The van der Waals surface area contributed by atoms with Crippen molar-refractivity contribution in [1.29, 1.82) is 0 Å². The number of pyridine rings is 2. The van der Waals surface area contributed by atoms with Gasteiger partial charge in [-0.15, -0.1) is 0 Å². The molecule has 0 aliphatic carbocycles. The molecule has 31 heavy (non-hydrogen) atoms. The zero-order valence-corrected chi connectivity index (χ0v) is 17.4. The standard InChI is InChI=1S/C23H21N5O3/c1-4-31-23(30)18-13-25-28(21(18)27-22(29)16-8-6-10-24-12-16)19-11-15(3)17-9-5-7-14(2)20(17)26-19/h5-13H,4H2,1-3H3,(H,27,29). The van der Waals surface area contributed by atoms with Crippen LogP contribution < -0.4 is 5.32 Å². The van der Waals surface area contributed by atoms with Crippen LogP contribution in [0.1, 0.15) is 38.8 Å². The van der Waals surface area contributed by atoms with Crippen LogP contribution in [0, 0.1) is 13.8 Å². The smallest absolute Gasteiger partial charge is 0.343 e. The normalized spacial score (nSPS) is 10.8. The third-order valence-electron chi connectivity index (χ3n) is 4.87. The molecule has 1 N–H and O–H groups in total. The van der Waals surface area contributed by atoms with Crippen LogP contribution in [0.15, 0.2) is 55.0 Å². The van der Waals surface area contributed by atoms with E-state index in [-0.39, 0.29) is 18.0 Å². The maximum Gasteiger partial charge on any atom is 0.343 e. The van der Waals surface area contributed by atoms with Crippen LogP contribution in [0.3, 0.4) is 0 Å². The van der Waals surface area contributed by atoms with Gasteiger partial charge in [-0.2, -0.15) is 9.78 Å². The van der Waals surface area contributed by atoms with Gasteiger partial charge in [-0.3, -0.25) is 9.78 Å². The monoisotopic (exact) mass is 415 g/mol. The van der Waals surface area contributed by atoms with Crippen molar-refractivity contribution in [1.82, 2.24) is 19.7 Å². The number of nitrogens with zero attached hydrogens (tertiary/aromatic N) is 4. The van der Waals surface area contributed by atoms with Gasteiger partial charge in [-0.05, 0) is 50.1 Å². The fourth-order valence-electron chi connectivity index (χ4n) is 3.33. The molecule has 156 valence electrons. The molecule has 0 saturated carbocycles. The van der Waals surface area contributed by atoms with Crippen molar-refractivity contribution in [2.75, 3.05) is 11.9 Å². The molecule has 0 aliphatic heterocycles. The van der Waals surface area contributed by atoms with Crippen LogP contribution in [0.2, 0.25) is 0 Å². The first-order chi connectivity index (χ1) is 15.0. The van der Waals surface area contributed by atoms with Crippen molar-refractivity contribution in [3.8, 4) is 5.82 Å². The fraction of sp³-hybridized carbons (Fsp3) is 0.174. The predicted octanol–water partition coefficient (Wildman–Crippen LogP) is 3.86. The minimum absolute atomic E-state index is 0.142. The number of fused-ring (bicyclic) bond motifs is 1. The van der Waals surface area contributed by atoms with Crippen molar-refractivity contribution in [3.63, 3.8) is 0 Å². The van der Waals surface area contributed by atoms with Crippen molar-refractivity contribution < 1.29 is 14.3 Å². The highest BCUT2D eigenvalue weighted by Crippen LogP contribution is 2.26. The second-order valence-electron chi connectivity index (χ2n) is 7.00. The minimum atomic E-state index is -0.580. The number of aryl methyl sites for hydroxylation is 2. The van der Waals surface area contributed by atoms with Gasteiger partial charge in [0.2, 0.25) is 0 Å². The number of aromatic nitrogens is 4. The lowest BCUT2D eigenvalue weighted by Crippen LogP contribution is -2.18. The summed E-state index contributed by atoms with van der Waals surface area (Å²) in [5.74, 6) is -0.332. The van der Waals surface area contributed by atoms with Crippen molar-refractivity contribution >= 4 is 28.6 Å². The number of amides is 1. The summed E-state index contributed by atoms with van der Waals surface area (Å²) in [5.41, 5.74) is 3.34. The van der Waals surface area contributed by atoms with E-state index in [2.05, 4.69) is 15.4 Å². The molecule has 0 atom stereocenters. The maximum absolute atomic E-state index is 12.8. The quantitative estimate of drug-likeness (QED) is 0.497. The molecule has 4 aromatic rings. The third-order valence-corrected chi connectivity index (χ3v) is 4.87. The number of benzene rings is 1. The summed E-state index contributed by atoms with van der Waals surface area (Å²) in [4.78, 5) is 34.0. The molecule has 3 heterocycles. The second kappa shape index (κ2) is 8.35. The highest BCUT2D eigenvalue weighted by molar-refractivity contribution is 6.07. The highest BCUT2D eigenvalue weighted by Gasteiger charge is 2.23. The number of esters is 1. The van der Waals surface area contributed by atoms with Gasteiger partial charge < -0.3 is 10.1 Å². The lowest BCUT2D eigenvalue weighted by molar-refractivity contribution is 0.0527. The van der Waals surface area contributed by atoms with Gasteiger partial charge in [0.05, 0.1) is 23.9 Å². The van der Waals surface area contributed by atoms with Crippen LogP contribution in [-0.2, 0) is 4.74 Å². The van der Waals surface area contributed by atoms with Gasteiger partial charge in [0.15, 0.2) is 11.6 Å². The Bertz CT molecular complexity index is 1280. The van der Waals surface area contributed by atoms with E-state index < -0.39 is 11.9 Å². The molecule has 8 heteroatoms. The number of carbonyl (C=O) groups excluding carboxylic acids is 2. The molecule has 0 saturated heterocycles. The first kappa shape index (κ1) is 20.2. The minimum Gasteiger partial charge on any atom is -0.462 e. The Kier molecular flexibility index (Phi) is 5.44. The third kappa shape index (κ3) is 3.87. The van der Waals surface area contributed by atoms with Gasteiger partial charge in [0.1, 0.15) is 5.56 Å². The van der Waals surface area contributed by atoms with E-state index in [1.54, 1.807) is 25.3 Å². The Hall–Kier alpha value is -4.07. The summed E-state index contributed by atoms with van der Waals surface area (Å²) in [7, 11) is 0. The van der Waals surface area contributed by atoms with E-state index in [1.807, 2.05) is 38.1 Å². The van der Waals surface area contributed by atoms with Crippen molar-refractivity contribution in [2.24, 2.45) is 0 Å². The van der Waals surface area contributed by atoms with Gasteiger partial charge >= 0.3 is 5.97 Å². The summed E-state index contributed by atoms with van der Waals surface area (Å²) in [6.07, 6.45) is 4.40. The summed E-state index contributed by atoms with van der Waals surface area (Å²) in [6.45, 7) is 5.88. The lowest BCUT2D eigenvalue weighted by Gasteiger charge is -2.13. The van der Waals surface area contributed by atoms with E-state index in [0.29, 0.717) is 11.4 Å². The zero-order chi connectivity index (χ0) is 22.0. The molecular weight excluding hydrogens is 394 g/mol. The fourth-order valence-corrected chi connectivity index (χ4v) is 3.33. The molecular formula is C23H21N5O3. The van der Waals surface area contributed by atoms with Gasteiger partial charge in [-0.25, -0.2) is 9.78 Å². The van der Waals surface area contributed by atoms with Crippen LogP contribution in [0.4, 0.5) is 5.82 Å². The van der Waals surface area contributed by atoms with E-state index in [0.717, 1.165) is 22.0 Å². The first-order valence-electron chi connectivity index (χ1n) is 9.83. The Morgan fingerprint density at radius 3 is 2.68 bits per heavy atom. The highest BCUT2D eigenvalue weighted by atomic mass is 16.5. The van der Waals surface area contributed by atoms with Crippen LogP contribution in [0.5, 0.6) is 0 Å². The average Bonchev–Trinajstić information content (AvgIpc) is 3.18. The topological polar surface area (TPSA) is 99.0 Å². The molecule has 0 aliphatic rings. The van der Waals surface area contributed by atoms with Gasteiger partial charge in [0.25, 0.3) is 5.91 Å². The summed E-state index contributed by atoms with van der Waals surface area (Å²) in [5, 5.41) is 8.14. The average molecular weight is 415 g/mol. The van der Waals surface area contributed by atoms with Crippen LogP contribution >= 0.6 is 0 Å². The molecule has 0 spiro atoms. The lowest BCUT2D eigenvalue weighted by atomic mass is 10.1. The second-order valence-corrected chi connectivity index (χ2v) is 7.00. The number of rotatable bonds is 5. The molecule has 1 amide bonds. The Morgan fingerprint density at radius 1 is 1.10 bits per heavy atom. The number of hydrogen-bond acceptors (Lipinski definition) is 6. The Labute approximate surface area is 178 Å². The molecule has 0 unspecified atom stereocenters. The van der Waals surface area contributed by atoms with E-state index >= 15 is 0 Å². The SMILES string of the molecule is CCOC(=O)c1cnn(-c2cc(C)c3cccc(C)c3n2)c1NC(=O)c1cccnc1. The van der Waals surface area contributed by atoms with Crippen LogP contribution in [-0.4, -0.2) is 38.2 Å². The Balaban J connectivity index is 1.85. The number of nitrogens with one attached hydrogen (secondary N) is 1. The molecule has 1 aromatic carbocycles. The van der Waals surface area contributed by atoms with E-state index in [1.165, 1.54) is 17.1 Å². The summed E-state index contributed by atoms with van der Waals surface area (Å²) < 4.78 is 6.59. The molecule has 0 fully saturated rings. The van der Waals surface area contributed by atoms with E-state index in [4.69, 9.17) is 9.72 Å². The number of para-hydroxylation sites is 1. The van der Waals surface area contributed by atoms with Crippen LogP contribution in [0.25, 0.3) is 16.7 Å². The van der Waals surface area contributed by atoms with Gasteiger partial charge in [0, 0.05) is 17.8 Å². The van der Waals surface area contributed by atoms with Crippen molar-refractivity contribution in [2.45, 2.75) is 20.8 Å². The number of carbonyl (C=O) groups is 2. The number of ether oxygens (including phenoxy) is 1. The van der Waals surface area contributed by atoms with Gasteiger partial charge in [-0.1, -0.05) is 18.2 Å². The molecule has 8 nitrogen and oxygen atoms in total. The molecule has 0 bridgehead atoms. The molecule has 4 rings (SSSR count). The zero-order valence-electron chi connectivity index (χ0n) is 17.4. The first-order valence-corrected chi connectivity index (χ1v) is 9.83. The van der Waals surface area contributed by atoms with E-state index in [9.17, 15) is 9.59 Å². The number of anilines is 1. The number of hydrogen-bond donors (Lipinski definition) is 1. The molecule has 0 radical (unpaired) electrons. The predicted molar refractivity (Wildman–Crippen MR) is 116 cm³/mol. The summed E-state index contributed by atoms with van der Waals surface area (Å²) >= 11 is 0. The molecule has 3 aromatic heterocycles. The van der Waals surface area contributed by atoms with Crippen molar-refractivity contribution in [3.05, 3.63) is 77.2 Å². The summed E-state index contributed by atoms with van der Waals surface area (Å²) in [6, 6.07) is 11.1.